The Morgan fingerprint density at radius 3 is 2.71 bits per heavy atom. The summed E-state index contributed by atoms with van der Waals surface area (Å²) in [7, 11) is 1.99. The van der Waals surface area contributed by atoms with E-state index in [0.29, 0.717) is 5.82 Å². The van der Waals surface area contributed by atoms with Crippen LogP contribution in [0.4, 0.5) is 5.82 Å². The molecule has 1 fully saturated rings. The highest BCUT2D eigenvalue weighted by atomic mass is 16.5. The molecule has 1 saturated carbocycles. The van der Waals surface area contributed by atoms with Gasteiger partial charge in [0.15, 0.2) is 0 Å². The first-order chi connectivity index (χ1) is 10.0. The Hall–Kier alpha value is -1.13. The summed E-state index contributed by atoms with van der Waals surface area (Å²) in [5.74, 6) is 1.39. The van der Waals surface area contributed by atoms with E-state index in [1.807, 2.05) is 13.2 Å². The Labute approximate surface area is 128 Å². The first-order valence-electron chi connectivity index (χ1n) is 8.05. The molecule has 0 radical (unpaired) electrons. The minimum Gasteiger partial charge on any atom is -0.383 e. The highest BCUT2D eigenvalue weighted by molar-refractivity contribution is 5.44. The van der Waals surface area contributed by atoms with Crippen LogP contribution in [-0.4, -0.2) is 24.2 Å². The highest BCUT2D eigenvalue weighted by Gasteiger charge is 2.43. The Morgan fingerprint density at radius 2 is 2.14 bits per heavy atom. The van der Waals surface area contributed by atoms with Gasteiger partial charge in [-0.25, -0.2) is 4.98 Å². The number of anilines is 1. The normalized spacial score (nSPS) is 27.5. The summed E-state index contributed by atoms with van der Waals surface area (Å²) >= 11 is 0. The standard InChI is InChI=1S/C17H29N3O/c1-5-21-17(8-6-12(2)7-9-17)15(19-4)14-10-13(3)11-20-16(14)18/h10-12,15,19H,5-9H2,1-4H3,(H2,18,20). The second-order valence-corrected chi connectivity index (χ2v) is 6.39. The number of nitrogens with zero attached hydrogens (tertiary/aromatic N) is 1. The van der Waals surface area contributed by atoms with Crippen LogP contribution in [0.3, 0.4) is 0 Å². The third-order valence-electron chi connectivity index (χ3n) is 4.76. The molecule has 0 aromatic carbocycles. The third kappa shape index (κ3) is 3.38. The van der Waals surface area contributed by atoms with Crippen molar-refractivity contribution in [2.75, 3.05) is 19.4 Å². The number of likely N-dealkylation sites (N-methyl/N-ethyl adjacent to an activating group) is 1. The number of hydrogen-bond acceptors (Lipinski definition) is 4. The van der Waals surface area contributed by atoms with Crippen molar-refractivity contribution in [3.63, 3.8) is 0 Å². The fourth-order valence-corrected chi connectivity index (χ4v) is 3.59. The average Bonchev–Trinajstić information content (AvgIpc) is 2.47. The minimum atomic E-state index is -0.167. The van der Waals surface area contributed by atoms with E-state index in [-0.39, 0.29) is 11.6 Å². The number of nitrogens with one attached hydrogen (secondary N) is 1. The van der Waals surface area contributed by atoms with Crippen LogP contribution in [-0.2, 0) is 4.74 Å². The van der Waals surface area contributed by atoms with Gasteiger partial charge in [0, 0.05) is 18.4 Å². The van der Waals surface area contributed by atoms with Gasteiger partial charge in [0.05, 0.1) is 11.6 Å². The summed E-state index contributed by atoms with van der Waals surface area (Å²) in [6.07, 6.45) is 6.37. The first kappa shape index (κ1) is 16.2. The van der Waals surface area contributed by atoms with Gasteiger partial charge in [-0.15, -0.1) is 0 Å². The van der Waals surface area contributed by atoms with Crippen molar-refractivity contribution in [1.29, 1.82) is 0 Å². The van der Waals surface area contributed by atoms with E-state index in [4.69, 9.17) is 10.5 Å². The maximum Gasteiger partial charge on any atom is 0.128 e. The zero-order chi connectivity index (χ0) is 15.5. The number of rotatable bonds is 5. The van der Waals surface area contributed by atoms with Gasteiger partial charge in [-0.3, -0.25) is 0 Å². The van der Waals surface area contributed by atoms with Crippen LogP contribution in [0.2, 0.25) is 0 Å². The van der Waals surface area contributed by atoms with Crippen LogP contribution in [0.25, 0.3) is 0 Å². The number of nitrogens with two attached hydrogens (primary N) is 1. The van der Waals surface area contributed by atoms with E-state index >= 15 is 0 Å². The topological polar surface area (TPSA) is 60.2 Å². The average molecular weight is 291 g/mol. The van der Waals surface area contributed by atoms with Gasteiger partial charge < -0.3 is 15.8 Å². The summed E-state index contributed by atoms with van der Waals surface area (Å²) < 4.78 is 6.28. The number of aromatic nitrogens is 1. The Bertz CT molecular complexity index is 467. The second-order valence-electron chi connectivity index (χ2n) is 6.39. The summed E-state index contributed by atoms with van der Waals surface area (Å²) in [6.45, 7) is 7.18. The monoisotopic (exact) mass is 291 g/mol. The molecule has 4 heteroatoms. The molecule has 1 aliphatic carbocycles. The fraction of sp³-hybridized carbons (Fsp3) is 0.706. The molecule has 1 unspecified atom stereocenters. The van der Waals surface area contributed by atoms with Crippen molar-refractivity contribution in [3.8, 4) is 0 Å². The summed E-state index contributed by atoms with van der Waals surface area (Å²) in [4.78, 5) is 4.33. The van der Waals surface area contributed by atoms with Crippen LogP contribution in [0.5, 0.6) is 0 Å². The van der Waals surface area contributed by atoms with E-state index in [9.17, 15) is 0 Å². The van der Waals surface area contributed by atoms with Gasteiger partial charge in [-0.05, 0) is 64.1 Å². The lowest BCUT2D eigenvalue weighted by Crippen LogP contribution is -2.48. The van der Waals surface area contributed by atoms with Crippen molar-refractivity contribution in [2.45, 2.75) is 58.1 Å². The number of hydrogen-bond donors (Lipinski definition) is 2. The van der Waals surface area contributed by atoms with Crippen LogP contribution >= 0.6 is 0 Å². The smallest absolute Gasteiger partial charge is 0.128 e. The summed E-state index contributed by atoms with van der Waals surface area (Å²) in [5, 5.41) is 3.45. The number of ether oxygens (including phenoxy) is 1. The molecule has 0 amide bonds. The Morgan fingerprint density at radius 1 is 1.48 bits per heavy atom. The van der Waals surface area contributed by atoms with Crippen molar-refractivity contribution < 1.29 is 4.74 Å². The van der Waals surface area contributed by atoms with Gasteiger partial charge >= 0.3 is 0 Å². The van der Waals surface area contributed by atoms with E-state index < -0.39 is 0 Å². The molecule has 0 saturated heterocycles. The first-order valence-corrected chi connectivity index (χ1v) is 8.05. The molecule has 3 N–H and O–H groups in total. The van der Waals surface area contributed by atoms with Crippen LogP contribution in [0.15, 0.2) is 12.3 Å². The number of nitrogen functional groups attached to an aromatic ring is 1. The van der Waals surface area contributed by atoms with Crippen LogP contribution in [0, 0.1) is 12.8 Å². The second kappa shape index (κ2) is 6.75. The van der Waals surface area contributed by atoms with E-state index in [1.54, 1.807) is 0 Å². The van der Waals surface area contributed by atoms with Crippen molar-refractivity contribution in [1.82, 2.24) is 10.3 Å². The van der Waals surface area contributed by atoms with Gasteiger partial charge in [0.1, 0.15) is 5.82 Å². The van der Waals surface area contributed by atoms with Gasteiger partial charge in [0.25, 0.3) is 0 Å². The van der Waals surface area contributed by atoms with Crippen molar-refractivity contribution >= 4 is 5.82 Å². The lowest BCUT2D eigenvalue weighted by atomic mass is 9.73. The predicted molar refractivity (Wildman–Crippen MR) is 87.2 cm³/mol. The molecule has 1 aromatic heterocycles. The maximum atomic E-state index is 6.28. The fourth-order valence-electron chi connectivity index (χ4n) is 3.59. The third-order valence-corrected chi connectivity index (χ3v) is 4.76. The van der Waals surface area contributed by atoms with Gasteiger partial charge in [-0.1, -0.05) is 6.92 Å². The van der Waals surface area contributed by atoms with E-state index in [2.05, 4.69) is 37.1 Å². The molecular weight excluding hydrogens is 262 g/mol. The molecule has 4 nitrogen and oxygen atoms in total. The van der Waals surface area contributed by atoms with Gasteiger partial charge in [0.2, 0.25) is 0 Å². The van der Waals surface area contributed by atoms with E-state index in [0.717, 1.165) is 36.5 Å². The SMILES string of the molecule is CCOC1(C(NC)c2cc(C)cnc2N)CCC(C)CC1. The lowest BCUT2D eigenvalue weighted by Gasteiger charge is -2.45. The molecule has 118 valence electrons. The van der Waals surface area contributed by atoms with Crippen molar-refractivity contribution in [2.24, 2.45) is 5.92 Å². The van der Waals surface area contributed by atoms with E-state index in [1.165, 1.54) is 12.8 Å². The van der Waals surface area contributed by atoms with Gasteiger partial charge in [-0.2, -0.15) is 0 Å². The highest BCUT2D eigenvalue weighted by Crippen LogP contribution is 2.44. The number of pyridine rings is 1. The van der Waals surface area contributed by atoms with Crippen LogP contribution < -0.4 is 11.1 Å². The predicted octanol–water partition coefficient (Wildman–Crippen LogP) is 3.22. The zero-order valence-corrected chi connectivity index (χ0v) is 13.8. The zero-order valence-electron chi connectivity index (χ0n) is 13.8. The molecule has 21 heavy (non-hydrogen) atoms. The minimum absolute atomic E-state index is 0.0948. The lowest BCUT2D eigenvalue weighted by molar-refractivity contribution is -0.0961. The Kier molecular flexibility index (Phi) is 5.22. The molecule has 1 aliphatic rings. The molecule has 2 rings (SSSR count). The largest absolute Gasteiger partial charge is 0.383 e. The molecule has 0 aliphatic heterocycles. The molecule has 1 aromatic rings. The van der Waals surface area contributed by atoms with Crippen LogP contribution in [0.1, 0.15) is 56.7 Å². The molecular formula is C17H29N3O. The molecule has 1 heterocycles. The quantitative estimate of drug-likeness (QED) is 0.874. The molecule has 1 atom stereocenters. The molecule has 0 bridgehead atoms. The van der Waals surface area contributed by atoms with Crippen molar-refractivity contribution in [3.05, 3.63) is 23.4 Å². The molecule has 0 spiro atoms. The maximum absolute atomic E-state index is 6.28. The summed E-state index contributed by atoms with van der Waals surface area (Å²) in [6, 6.07) is 2.24. The Balaban J connectivity index is 2.38. The summed E-state index contributed by atoms with van der Waals surface area (Å²) in [5.41, 5.74) is 8.19. The number of aryl methyl sites for hydroxylation is 1.